The fourth-order valence-corrected chi connectivity index (χ4v) is 2.26. The molecule has 2 aromatic rings. The lowest BCUT2D eigenvalue weighted by Gasteiger charge is -2.13. The van der Waals surface area contributed by atoms with Gasteiger partial charge in [-0.15, -0.1) is 11.3 Å². The summed E-state index contributed by atoms with van der Waals surface area (Å²) in [6.45, 7) is 0. The van der Waals surface area contributed by atoms with Gasteiger partial charge in [0.05, 0.1) is 16.7 Å². The molecule has 2 nitrogen and oxygen atoms in total. The molecule has 0 fully saturated rings. The van der Waals surface area contributed by atoms with Crippen molar-refractivity contribution in [3.05, 3.63) is 51.7 Å². The van der Waals surface area contributed by atoms with E-state index in [2.05, 4.69) is 4.98 Å². The van der Waals surface area contributed by atoms with Crippen LogP contribution in [0.5, 0.6) is 0 Å². The van der Waals surface area contributed by atoms with E-state index in [-0.39, 0.29) is 12.0 Å². The minimum atomic E-state index is -4.57. The normalized spacial score (nSPS) is 13.5. The van der Waals surface area contributed by atoms with Gasteiger partial charge in [-0.05, 0) is 18.2 Å². The quantitative estimate of drug-likeness (QED) is 0.877. The van der Waals surface area contributed by atoms with Gasteiger partial charge in [-0.3, -0.25) is 0 Å². The Morgan fingerprint density at radius 1 is 1.32 bits per heavy atom. The van der Waals surface area contributed by atoms with Crippen LogP contribution in [0.15, 0.2) is 29.8 Å². The number of alkyl halides is 3. The Balaban J connectivity index is 2.28. The van der Waals surface area contributed by atoms with E-state index in [1.54, 1.807) is 5.38 Å². The predicted molar refractivity (Wildman–Crippen MR) is 62.2 cm³/mol. The molecule has 1 aromatic carbocycles. The van der Waals surface area contributed by atoms with Gasteiger partial charge in [-0.1, -0.05) is 0 Å². The molecular formula is C12H9F4NOS. The molecule has 1 aromatic heterocycles. The van der Waals surface area contributed by atoms with Crippen LogP contribution in [0.1, 0.15) is 22.2 Å². The van der Waals surface area contributed by atoms with E-state index in [0.29, 0.717) is 23.2 Å². The molecule has 1 N–H and O–H groups in total. The van der Waals surface area contributed by atoms with E-state index in [1.165, 1.54) is 17.5 Å². The highest BCUT2D eigenvalue weighted by atomic mass is 32.1. The molecule has 0 spiro atoms. The second kappa shape index (κ2) is 5.26. The molecule has 0 bridgehead atoms. The SMILES string of the molecule is OC(Cc1nccs1)c1cc(C(F)(F)F)ccc1F. The molecule has 102 valence electrons. The molecule has 1 unspecified atom stereocenters. The minimum Gasteiger partial charge on any atom is -0.388 e. The van der Waals surface area contributed by atoms with Crippen molar-refractivity contribution in [2.45, 2.75) is 18.7 Å². The summed E-state index contributed by atoms with van der Waals surface area (Å²) in [6.07, 6.45) is -4.43. The van der Waals surface area contributed by atoms with Gasteiger partial charge in [-0.25, -0.2) is 9.37 Å². The van der Waals surface area contributed by atoms with Gasteiger partial charge in [0.2, 0.25) is 0 Å². The Hall–Kier alpha value is -1.47. The van der Waals surface area contributed by atoms with Crippen LogP contribution in [0.2, 0.25) is 0 Å². The highest BCUT2D eigenvalue weighted by Crippen LogP contribution is 2.32. The van der Waals surface area contributed by atoms with Crippen molar-refractivity contribution >= 4 is 11.3 Å². The summed E-state index contributed by atoms with van der Waals surface area (Å²) < 4.78 is 51.1. The summed E-state index contributed by atoms with van der Waals surface area (Å²) in [4.78, 5) is 3.90. The van der Waals surface area contributed by atoms with Crippen LogP contribution < -0.4 is 0 Å². The number of nitrogens with zero attached hydrogens (tertiary/aromatic N) is 1. The van der Waals surface area contributed by atoms with Crippen LogP contribution in [-0.4, -0.2) is 10.1 Å². The van der Waals surface area contributed by atoms with Crippen LogP contribution in [0.25, 0.3) is 0 Å². The average molecular weight is 291 g/mol. The van der Waals surface area contributed by atoms with Crippen LogP contribution in [0.3, 0.4) is 0 Å². The molecule has 1 heterocycles. The van der Waals surface area contributed by atoms with E-state index >= 15 is 0 Å². The van der Waals surface area contributed by atoms with Crippen LogP contribution in [-0.2, 0) is 12.6 Å². The van der Waals surface area contributed by atoms with Gasteiger partial charge in [0.15, 0.2) is 0 Å². The number of thiazole rings is 1. The maximum absolute atomic E-state index is 13.5. The molecule has 19 heavy (non-hydrogen) atoms. The molecule has 0 saturated carbocycles. The van der Waals surface area contributed by atoms with Gasteiger partial charge in [-0.2, -0.15) is 13.2 Å². The van der Waals surface area contributed by atoms with Crippen LogP contribution in [0, 0.1) is 5.82 Å². The lowest BCUT2D eigenvalue weighted by atomic mass is 10.0. The Morgan fingerprint density at radius 3 is 2.63 bits per heavy atom. The van der Waals surface area contributed by atoms with Gasteiger partial charge in [0.25, 0.3) is 0 Å². The average Bonchev–Trinajstić information content (AvgIpc) is 2.80. The first kappa shape index (κ1) is 14.0. The number of halogens is 4. The van der Waals surface area contributed by atoms with Crippen LogP contribution >= 0.6 is 11.3 Å². The minimum absolute atomic E-state index is 0.0180. The summed E-state index contributed by atoms with van der Waals surface area (Å²) in [6, 6.07) is 1.99. The number of hydrogen-bond donors (Lipinski definition) is 1. The van der Waals surface area contributed by atoms with Crippen molar-refractivity contribution in [1.29, 1.82) is 0 Å². The summed E-state index contributed by atoms with van der Waals surface area (Å²) in [7, 11) is 0. The third-order valence-corrected chi connectivity index (χ3v) is 3.34. The first-order valence-electron chi connectivity index (χ1n) is 5.31. The van der Waals surface area contributed by atoms with Crippen molar-refractivity contribution < 1.29 is 22.7 Å². The van der Waals surface area contributed by atoms with Crippen molar-refractivity contribution in [2.75, 3.05) is 0 Å². The maximum atomic E-state index is 13.5. The monoisotopic (exact) mass is 291 g/mol. The van der Waals surface area contributed by atoms with Crippen LogP contribution in [0.4, 0.5) is 17.6 Å². The first-order valence-corrected chi connectivity index (χ1v) is 6.19. The molecule has 0 saturated heterocycles. The van der Waals surface area contributed by atoms with E-state index in [9.17, 15) is 22.7 Å². The second-order valence-electron chi connectivity index (χ2n) is 3.88. The zero-order valence-corrected chi connectivity index (χ0v) is 10.3. The number of hydrogen-bond acceptors (Lipinski definition) is 3. The molecule has 1 atom stereocenters. The highest BCUT2D eigenvalue weighted by molar-refractivity contribution is 7.09. The molecule has 2 rings (SSSR count). The Bertz CT molecular complexity index is 553. The van der Waals surface area contributed by atoms with Crippen molar-refractivity contribution in [2.24, 2.45) is 0 Å². The summed E-state index contributed by atoms with van der Waals surface area (Å²) in [5.74, 6) is -0.864. The predicted octanol–water partition coefficient (Wildman–Crippen LogP) is 3.58. The van der Waals surface area contributed by atoms with Crippen molar-refractivity contribution in [3.8, 4) is 0 Å². The largest absolute Gasteiger partial charge is 0.416 e. The van der Waals surface area contributed by atoms with E-state index in [1.807, 2.05) is 0 Å². The Kier molecular flexibility index (Phi) is 3.86. The molecule has 0 radical (unpaired) electrons. The zero-order chi connectivity index (χ0) is 14.0. The zero-order valence-electron chi connectivity index (χ0n) is 9.49. The summed E-state index contributed by atoms with van der Waals surface area (Å²) in [5, 5.41) is 12.0. The highest BCUT2D eigenvalue weighted by Gasteiger charge is 2.31. The molecule has 0 amide bonds. The standard InChI is InChI=1S/C12H9F4NOS/c13-9-2-1-7(12(14,15)16)5-8(9)10(18)6-11-17-3-4-19-11/h1-5,10,18H,6H2. The smallest absolute Gasteiger partial charge is 0.388 e. The fraction of sp³-hybridized carbons (Fsp3) is 0.250. The molecule has 0 aliphatic heterocycles. The lowest BCUT2D eigenvalue weighted by Crippen LogP contribution is -2.10. The number of rotatable bonds is 3. The van der Waals surface area contributed by atoms with E-state index in [4.69, 9.17) is 0 Å². The van der Waals surface area contributed by atoms with Crippen molar-refractivity contribution in [3.63, 3.8) is 0 Å². The summed E-state index contributed by atoms with van der Waals surface area (Å²) >= 11 is 1.25. The molecular weight excluding hydrogens is 282 g/mol. The van der Waals surface area contributed by atoms with Crippen molar-refractivity contribution in [1.82, 2.24) is 4.98 Å². The van der Waals surface area contributed by atoms with E-state index < -0.39 is 23.7 Å². The number of aromatic nitrogens is 1. The number of aliphatic hydroxyl groups is 1. The Labute approximate surface area is 110 Å². The summed E-state index contributed by atoms with van der Waals surface area (Å²) in [5.41, 5.74) is -1.35. The third-order valence-electron chi connectivity index (χ3n) is 2.53. The lowest BCUT2D eigenvalue weighted by molar-refractivity contribution is -0.137. The van der Waals surface area contributed by atoms with Gasteiger partial charge in [0.1, 0.15) is 5.82 Å². The second-order valence-corrected chi connectivity index (χ2v) is 4.86. The van der Waals surface area contributed by atoms with E-state index in [0.717, 1.165) is 0 Å². The van der Waals surface area contributed by atoms with Gasteiger partial charge >= 0.3 is 6.18 Å². The fourth-order valence-electron chi connectivity index (χ4n) is 1.60. The maximum Gasteiger partial charge on any atom is 0.416 e. The number of aliphatic hydroxyl groups excluding tert-OH is 1. The van der Waals surface area contributed by atoms with Gasteiger partial charge in [0, 0.05) is 23.6 Å². The Morgan fingerprint density at radius 2 is 2.05 bits per heavy atom. The topological polar surface area (TPSA) is 33.1 Å². The van der Waals surface area contributed by atoms with Gasteiger partial charge < -0.3 is 5.11 Å². The molecule has 0 aliphatic rings. The molecule has 0 aliphatic carbocycles. The third kappa shape index (κ3) is 3.30. The molecule has 7 heteroatoms. The first-order chi connectivity index (χ1) is 8.88. The number of benzene rings is 1.